The number of halogens is 6. The summed E-state index contributed by atoms with van der Waals surface area (Å²) in [7, 11) is 0. The molecule has 0 aliphatic heterocycles. The molecule has 0 aliphatic carbocycles. The minimum Gasteiger partial charge on any atom is -0.478 e. The quantitative estimate of drug-likeness (QED) is 0.603. The third kappa shape index (κ3) is 3.11. The molecule has 27 heavy (non-hydrogen) atoms. The minimum absolute atomic E-state index is 0.121. The molecule has 0 heterocycles. The van der Waals surface area contributed by atoms with Gasteiger partial charge in [0.2, 0.25) is 0 Å². The summed E-state index contributed by atoms with van der Waals surface area (Å²) in [5.74, 6) is -15.8. The van der Waals surface area contributed by atoms with E-state index in [1.165, 1.54) is 0 Å². The normalized spacial score (nSPS) is 11.6. The Bertz CT molecular complexity index is 907. The molecule has 10 heteroatoms. The zero-order chi connectivity index (χ0) is 20.8. The topological polar surface area (TPSA) is 74.6 Å². The van der Waals surface area contributed by atoms with Gasteiger partial charge in [-0.05, 0) is 12.1 Å². The molecule has 0 saturated carbocycles. The van der Waals surface area contributed by atoms with Crippen LogP contribution in [0.25, 0.3) is 0 Å². The maximum absolute atomic E-state index is 14.4. The smallest absolute Gasteiger partial charge is 0.336 e. The van der Waals surface area contributed by atoms with Crippen molar-refractivity contribution in [2.24, 2.45) is 0 Å². The predicted molar refractivity (Wildman–Crippen MR) is 78.7 cm³/mol. The third-order valence-corrected chi connectivity index (χ3v) is 4.04. The van der Waals surface area contributed by atoms with Gasteiger partial charge in [-0.15, -0.1) is 0 Å². The molecule has 2 aromatic carbocycles. The molecule has 0 spiro atoms. The largest absolute Gasteiger partial charge is 0.478 e. The third-order valence-electron chi connectivity index (χ3n) is 4.04. The Labute approximate surface area is 147 Å². The number of carboxylic acids is 2. The van der Waals surface area contributed by atoms with Gasteiger partial charge in [-0.3, -0.25) is 0 Å². The summed E-state index contributed by atoms with van der Waals surface area (Å²) in [6, 6.07) is 0.242. The van der Waals surface area contributed by atoms with Crippen molar-refractivity contribution in [1.29, 1.82) is 0 Å². The standard InChI is InChI=1S/C17H10F6O4/c1-17(2,9-5(15(24)25)3-7(18)11(20)13(9)22)10-6(16(26)27)4-8(19)12(21)14(10)23/h3-4H,1-2H3,(H,24,25)(H,26,27). The number of rotatable bonds is 4. The van der Waals surface area contributed by atoms with E-state index in [0.29, 0.717) is 0 Å². The summed E-state index contributed by atoms with van der Waals surface area (Å²) in [5.41, 5.74) is -6.91. The van der Waals surface area contributed by atoms with E-state index in [-0.39, 0.29) is 12.1 Å². The molecule has 0 atom stereocenters. The highest BCUT2D eigenvalue weighted by atomic mass is 19.2. The molecule has 144 valence electrons. The van der Waals surface area contributed by atoms with Crippen LogP contribution < -0.4 is 0 Å². The van der Waals surface area contributed by atoms with Gasteiger partial charge in [-0.1, -0.05) is 13.8 Å². The van der Waals surface area contributed by atoms with Gasteiger partial charge in [0.05, 0.1) is 11.1 Å². The van der Waals surface area contributed by atoms with Gasteiger partial charge in [0, 0.05) is 16.5 Å². The fraction of sp³-hybridized carbons (Fsp3) is 0.176. The Morgan fingerprint density at radius 3 is 1.26 bits per heavy atom. The molecule has 0 amide bonds. The zero-order valence-corrected chi connectivity index (χ0v) is 13.6. The van der Waals surface area contributed by atoms with E-state index < -0.39 is 74.5 Å². The lowest BCUT2D eigenvalue weighted by molar-refractivity contribution is 0.0685. The van der Waals surface area contributed by atoms with E-state index in [4.69, 9.17) is 10.2 Å². The van der Waals surface area contributed by atoms with Crippen LogP contribution >= 0.6 is 0 Å². The SMILES string of the molecule is CC(C)(c1c(C(=O)O)cc(F)c(F)c1F)c1c(C(=O)O)cc(F)c(F)c1F. The Kier molecular flexibility index (Phi) is 4.96. The lowest BCUT2D eigenvalue weighted by atomic mass is 9.73. The minimum atomic E-state index is -2.35. The Hall–Kier alpha value is -3.04. The number of hydrogen-bond donors (Lipinski definition) is 2. The number of hydrogen-bond acceptors (Lipinski definition) is 2. The Morgan fingerprint density at radius 2 is 1.00 bits per heavy atom. The number of carboxylic acid groups (broad SMARTS) is 2. The first-order valence-electron chi connectivity index (χ1n) is 7.14. The molecule has 0 saturated heterocycles. The summed E-state index contributed by atoms with van der Waals surface area (Å²) in [6.07, 6.45) is 0. The Balaban J connectivity index is 3.02. The average Bonchev–Trinajstić information content (AvgIpc) is 2.55. The van der Waals surface area contributed by atoms with E-state index in [9.17, 15) is 35.9 Å². The number of aromatic carboxylic acids is 2. The van der Waals surface area contributed by atoms with Crippen molar-refractivity contribution in [2.75, 3.05) is 0 Å². The Morgan fingerprint density at radius 1 is 0.704 bits per heavy atom. The van der Waals surface area contributed by atoms with Gasteiger partial charge in [0.15, 0.2) is 34.9 Å². The maximum atomic E-state index is 14.4. The lowest BCUT2D eigenvalue weighted by Gasteiger charge is -2.30. The van der Waals surface area contributed by atoms with Crippen LogP contribution in [-0.4, -0.2) is 22.2 Å². The van der Waals surface area contributed by atoms with Gasteiger partial charge in [0.1, 0.15) is 0 Å². The predicted octanol–water partition coefficient (Wildman–Crippen LogP) is 4.24. The van der Waals surface area contributed by atoms with E-state index in [1.807, 2.05) is 0 Å². The average molecular weight is 392 g/mol. The van der Waals surface area contributed by atoms with Crippen molar-refractivity contribution < 1.29 is 46.1 Å². The molecule has 0 unspecified atom stereocenters. The zero-order valence-electron chi connectivity index (χ0n) is 13.6. The van der Waals surface area contributed by atoms with Crippen LogP contribution in [0.4, 0.5) is 26.3 Å². The van der Waals surface area contributed by atoms with Crippen molar-refractivity contribution in [2.45, 2.75) is 19.3 Å². The first-order chi connectivity index (χ1) is 12.3. The number of carbonyl (C=O) groups is 2. The summed E-state index contributed by atoms with van der Waals surface area (Å²) in [4.78, 5) is 22.7. The summed E-state index contributed by atoms with van der Waals surface area (Å²) in [5, 5.41) is 18.3. The first kappa shape index (κ1) is 20.3. The van der Waals surface area contributed by atoms with E-state index >= 15 is 0 Å². The second-order valence-electron chi connectivity index (χ2n) is 6.05. The molecular weight excluding hydrogens is 382 g/mol. The molecule has 4 nitrogen and oxygen atoms in total. The second kappa shape index (κ2) is 6.60. The van der Waals surface area contributed by atoms with Crippen LogP contribution in [0.3, 0.4) is 0 Å². The van der Waals surface area contributed by atoms with Gasteiger partial charge in [-0.25, -0.2) is 35.9 Å². The maximum Gasteiger partial charge on any atom is 0.336 e. The van der Waals surface area contributed by atoms with Crippen LogP contribution in [0.15, 0.2) is 12.1 Å². The van der Waals surface area contributed by atoms with Crippen molar-refractivity contribution in [3.05, 3.63) is 69.3 Å². The number of benzene rings is 2. The molecule has 0 fully saturated rings. The summed E-state index contributed by atoms with van der Waals surface area (Å²) in [6.45, 7) is 1.72. The van der Waals surface area contributed by atoms with Crippen molar-refractivity contribution in [1.82, 2.24) is 0 Å². The van der Waals surface area contributed by atoms with Gasteiger partial charge < -0.3 is 10.2 Å². The summed E-state index contributed by atoms with van der Waals surface area (Å²) >= 11 is 0. The van der Waals surface area contributed by atoms with Crippen LogP contribution in [0, 0.1) is 34.9 Å². The highest BCUT2D eigenvalue weighted by molar-refractivity contribution is 5.92. The van der Waals surface area contributed by atoms with E-state index in [0.717, 1.165) is 13.8 Å². The molecule has 2 N–H and O–H groups in total. The molecule has 0 aromatic heterocycles. The van der Waals surface area contributed by atoms with Gasteiger partial charge >= 0.3 is 11.9 Å². The molecule has 2 rings (SSSR count). The van der Waals surface area contributed by atoms with Crippen LogP contribution in [-0.2, 0) is 5.41 Å². The van der Waals surface area contributed by atoms with Crippen molar-refractivity contribution in [3.8, 4) is 0 Å². The molecule has 2 aromatic rings. The van der Waals surface area contributed by atoms with Crippen LogP contribution in [0.1, 0.15) is 45.7 Å². The van der Waals surface area contributed by atoms with Crippen LogP contribution in [0.5, 0.6) is 0 Å². The highest BCUT2D eigenvalue weighted by Gasteiger charge is 2.40. The molecular formula is C17H10F6O4. The van der Waals surface area contributed by atoms with Crippen molar-refractivity contribution in [3.63, 3.8) is 0 Å². The summed E-state index contributed by atoms with van der Waals surface area (Å²) < 4.78 is 83.0. The fourth-order valence-electron chi connectivity index (χ4n) is 2.87. The lowest BCUT2D eigenvalue weighted by Crippen LogP contribution is -2.30. The molecule has 0 radical (unpaired) electrons. The van der Waals surface area contributed by atoms with Gasteiger partial charge in [0.25, 0.3) is 0 Å². The van der Waals surface area contributed by atoms with Gasteiger partial charge in [-0.2, -0.15) is 0 Å². The van der Waals surface area contributed by atoms with Crippen LogP contribution in [0.2, 0.25) is 0 Å². The fourth-order valence-corrected chi connectivity index (χ4v) is 2.87. The highest BCUT2D eigenvalue weighted by Crippen LogP contribution is 2.41. The monoisotopic (exact) mass is 392 g/mol. The molecule has 0 bridgehead atoms. The molecule has 0 aliphatic rings. The second-order valence-corrected chi connectivity index (χ2v) is 6.05. The van der Waals surface area contributed by atoms with Crippen molar-refractivity contribution >= 4 is 11.9 Å². The van der Waals surface area contributed by atoms with E-state index in [1.54, 1.807) is 0 Å². The van der Waals surface area contributed by atoms with E-state index in [2.05, 4.69) is 0 Å². The first-order valence-corrected chi connectivity index (χ1v) is 7.14.